The number of aliphatic hydroxyl groups is 1. The number of nitrogens with zero attached hydrogens (tertiary/aromatic N) is 1. The van der Waals surface area contributed by atoms with E-state index >= 15 is 0 Å². The predicted molar refractivity (Wildman–Crippen MR) is 138 cm³/mol. The molecule has 3 fully saturated rings. The van der Waals surface area contributed by atoms with Crippen molar-refractivity contribution in [2.24, 2.45) is 16.7 Å². The minimum absolute atomic E-state index is 0.0158. The van der Waals surface area contributed by atoms with Gasteiger partial charge in [0, 0.05) is 43.5 Å². The normalized spacial score (nSPS) is 32.7. The molecule has 4 rings (SSSR count). The smallest absolute Gasteiger partial charge is 0.225 e. The van der Waals surface area contributed by atoms with Gasteiger partial charge >= 0.3 is 0 Å². The quantitative estimate of drug-likeness (QED) is 0.480. The second-order valence-corrected chi connectivity index (χ2v) is 12.9. The first-order chi connectivity index (χ1) is 16.6. The molecular weight excluding hydrogens is 462 g/mol. The molecule has 2 aliphatic carbocycles. The van der Waals surface area contributed by atoms with Gasteiger partial charge in [-0.2, -0.15) is 0 Å². The van der Waals surface area contributed by atoms with Crippen molar-refractivity contribution in [3.63, 3.8) is 0 Å². The summed E-state index contributed by atoms with van der Waals surface area (Å²) < 4.78 is 5.39. The number of ether oxygens (including phenoxy) is 1. The zero-order chi connectivity index (χ0) is 25.1. The molecule has 2 amide bonds. The predicted octanol–water partition coefficient (Wildman–Crippen LogP) is 2.97. The van der Waals surface area contributed by atoms with Crippen LogP contribution in [0.1, 0.15) is 64.2 Å². The van der Waals surface area contributed by atoms with Crippen LogP contribution in [0.5, 0.6) is 0 Å². The summed E-state index contributed by atoms with van der Waals surface area (Å²) in [6, 6.07) is 4.00. The van der Waals surface area contributed by atoms with Crippen LogP contribution in [0.25, 0.3) is 0 Å². The number of nitrogens with one attached hydrogen (secondary N) is 2. The van der Waals surface area contributed by atoms with Gasteiger partial charge in [0.2, 0.25) is 11.8 Å². The molecule has 4 unspecified atom stereocenters. The highest BCUT2D eigenvalue weighted by Gasteiger charge is 2.61. The molecule has 0 radical (unpaired) electrons. The highest BCUT2D eigenvalue weighted by Crippen LogP contribution is 2.63. The molecule has 8 heteroatoms. The van der Waals surface area contributed by atoms with Gasteiger partial charge in [0.25, 0.3) is 0 Å². The monoisotopic (exact) mass is 505 g/mol. The zero-order valence-corrected chi connectivity index (χ0v) is 22.4. The number of hydrogen-bond acceptors (Lipinski definition) is 6. The molecule has 0 spiro atoms. The van der Waals surface area contributed by atoms with Crippen molar-refractivity contribution in [3.05, 3.63) is 22.4 Å². The fourth-order valence-electron chi connectivity index (χ4n) is 6.86. The van der Waals surface area contributed by atoms with Crippen LogP contribution in [0.2, 0.25) is 0 Å². The van der Waals surface area contributed by atoms with Crippen molar-refractivity contribution in [2.45, 2.75) is 77.4 Å². The van der Waals surface area contributed by atoms with Crippen molar-refractivity contribution < 1.29 is 19.4 Å². The van der Waals surface area contributed by atoms with E-state index in [1.165, 1.54) is 0 Å². The van der Waals surface area contributed by atoms with Gasteiger partial charge in [0.1, 0.15) is 0 Å². The summed E-state index contributed by atoms with van der Waals surface area (Å²) in [5.41, 5.74) is -0.877. The largest absolute Gasteiger partial charge is 0.390 e. The first-order valence-electron chi connectivity index (χ1n) is 13.2. The summed E-state index contributed by atoms with van der Waals surface area (Å²) in [6.07, 6.45) is 4.72. The van der Waals surface area contributed by atoms with Gasteiger partial charge in [-0.3, -0.25) is 14.5 Å². The van der Waals surface area contributed by atoms with Crippen molar-refractivity contribution in [1.82, 2.24) is 15.5 Å². The van der Waals surface area contributed by atoms with Crippen LogP contribution in [0.4, 0.5) is 0 Å². The lowest BCUT2D eigenvalue weighted by atomic mass is 9.57. The third-order valence-corrected chi connectivity index (χ3v) is 9.63. The van der Waals surface area contributed by atoms with Crippen LogP contribution in [-0.2, 0) is 20.7 Å². The van der Waals surface area contributed by atoms with Gasteiger partial charge in [0.05, 0.1) is 25.2 Å². The van der Waals surface area contributed by atoms with Gasteiger partial charge in [-0.05, 0) is 67.2 Å². The maximum atomic E-state index is 13.0. The second-order valence-electron chi connectivity index (χ2n) is 11.9. The Balaban J connectivity index is 1.41. The molecule has 0 aromatic carbocycles. The molecule has 1 aromatic rings. The SMILES string of the molecule is CC1(O)CCC2(CCC(=O)NCCN3CCOCC3)C(NC(=O)Cc3cccs3)CC(C)(C)C2C1. The van der Waals surface area contributed by atoms with Crippen molar-refractivity contribution in [1.29, 1.82) is 0 Å². The summed E-state index contributed by atoms with van der Waals surface area (Å²) in [6.45, 7) is 11.3. The highest BCUT2D eigenvalue weighted by molar-refractivity contribution is 7.10. The maximum absolute atomic E-state index is 13.0. The average molecular weight is 506 g/mol. The van der Waals surface area contributed by atoms with E-state index in [4.69, 9.17) is 4.74 Å². The van der Waals surface area contributed by atoms with Crippen molar-refractivity contribution in [3.8, 4) is 0 Å². The number of carbonyl (C=O) groups excluding carboxylic acids is 2. The average Bonchev–Trinajstić information content (AvgIpc) is 3.37. The molecule has 3 N–H and O–H groups in total. The highest BCUT2D eigenvalue weighted by atomic mass is 32.1. The van der Waals surface area contributed by atoms with Crippen molar-refractivity contribution >= 4 is 23.2 Å². The lowest BCUT2D eigenvalue weighted by Gasteiger charge is -2.50. The fraction of sp³-hybridized carbons (Fsp3) is 0.778. The van der Waals surface area contributed by atoms with E-state index in [-0.39, 0.29) is 34.6 Å². The lowest BCUT2D eigenvalue weighted by Crippen LogP contribution is -2.53. The number of rotatable bonds is 9. The van der Waals surface area contributed by atoms with Crippen LogP contribution in [-0.4, -0.2) is 72.9 Å². The Kier molecular flexibility index (Phi) is 8.25. The summed E-state index contributed by atoms with van der Waals surface area (Å²) >= 11 is 1.61. The first kappa shape index (κ1) is 26.6. The van der Waals surface area contributed by atoms with Crippen LogP contribution in [0.3, 0.4) is 0 Å². The molecule has 0 bridgehead atoms. The minimum Gasteiger partial charge on any atom is -0.390 e. The minimum atomic E-state index is -0.693. The Morgan fingerprint density at radius 2 is 1.94 bits per heavy atom. The number of hydrogen-bond donors (Lipinski definition) is 3. The molecule has 196 valence electrons. The van der Waals surface area contributed by atoms with E-state index < -0.39 is 5.60 Å². The van der Waals surface area contributed by atoms with Crippen LogP contribution >= 0.6 is 11.3 Å². The van der Waals surface area contributed by atoms with Gasteiger partial charge < -0.3 is 20.5 Å². The first-order valence-corrected chi connectivity index (χ1v) is 14.1. The Morgan fingerprint density at radius 1 is 1.17 bits per heavy atom. The van der Waals surface area contributed by atoms with E-state index in [1.807, 2.05) is 24.4 Å². The van der Waals surface area contributed by atoms with Crippen LogP contribution < -0.4 is 10.6 Å². The fourth-order valence-corrected chi connectivity index (χ4v) is 7.57. The maximum Gasteiger partial charge on any atom is 0.225 e. The number of thiophene rings is 1. The van der Waals surface area contributed by atoms with Crippen molar-refractivity contribution in [2.75, 3.05) is 39.4 Å². The number of morpholine rings is 1. The summed E-state index contributed by atoms with van der Waals surface area (Å²) in [5, 5.41) is 19.4. The van der Waals surface area contributed by atoms with Gasteiger partial charge in [0.15, 0.2) is 0 Å². The molecule has 35 heavy (non-hydrogen) atoms. The summed E-state index contributed by atoms with van der Waals surface area (Å²) in [4.78, 5) is 29.2. The molecule has 1 saturated heterocycles. The van der Waals surface area contributed by atoms with Gasteiger partial charge in [-0.15, -0.1) is 11.3 Å². The Morgan fingerprint density at radius 3 is 2.66 bits per heavy atom. The number of carbonyl (C=O) groups is 2. The Hall–Kier alpha value is -1.48. The van der Waals surface area contributed by atoms with E-state index in [0.717, 1.165) is 63.4 Å². The Bertz CT molecular complexity index is 866. The topological polar surface area (TPSA) is 90.9 Å². The second kappa shape index (κ2) is 10.9. The van der Waals surface area contributed by atoms with Crippen LogP contribution in [0, 0.1) is 16.7 Å². The molecule has 4 atom stereocenters. The van der Waals surface area contributed by atoms with Gasteiger partial charge in [-0.1, -0.05) is 19.9 Å². The molecule has 2 heterocycles. The third-order valence-electron chi connectivity index (χ3n) is 8.76. The van der Waals surface area contributed by atoms with E-state index in [1.54, 1.807) is 11.3 Å². The molecule has 1 aliphatic heterocycles. The summed E-state index contributed by atoms with van der Waals surface area (Å²) in [7, 11) is 0. The Labute approximate surface area is 214 Å². The molecule has 1 aromatic heterocycles. The lowest BCUT2D eigenvalue weighted by molar-refractivity contribution is -0.124. The molecule has 7 nitrogen and oxygen atoms in total. The molecule has 2 saturated carbocycles. The van der Waals surface area contributed by atoms with Gasteiger partial charge in [-0.25, -0.2) is 0 Å². The van der Waals surface area contributed by atoms with Crippen LogP contribution in [0.15, 0.2) is 17.5 Å². The van der Waals surface area contributed by atoms with E-state index in [0.29, 0.717) is 25.8 Å². The molecular formula is C27H43N3O4S. The standard InChI is InChI=1S/C27H43N3O4S/c1-25(2)19-22(29-24(32)17-20-5-4-16-35-20)27(9-8-26(3,33)18-21(25)27)7-6-23(31)28-10-11-30-12-14-34-15-13-30/h4-5,16,21-22,33H,6-15,17-19H2,1-3H3,(H,28,31)(H,29,32). The van der Waals surface area contributed by atoms with E-state index in [9.17, 15) is 14.7 Å². The third kappa shape index (κ3) is 6.45. The number of amides is 2. The summed E-state index contributed by atoms with van der Waals surface area (Å²) in [5.74, 6) is 0.393. The van der Waals surface area contributed by atoms with E-state index in [2.05, 4.69) is 29.4 Å². The molecule has 3 aliphatic rings. The number of fused-ring (bicyclic) bond motifs is 1. The zero-order valence-electron chi connectivity index (χ0n) is 21.6.